The number of H-pyrrole nitrogens is 1. The first-order valence-electron chi connectivity index (χ1n) is 9.67. The Labute approximate surface area is 183 Å². The minimum absolute atomic E-state index is 0.183. The monoisotopic (exact) mass is 464 g/mol. The van der Waals surface area contributed by atoms with E-state index in [0.717, 1.165) is 32.1 Å². The quantitative estimate of drug-likeness (QED) is 0.260. The van der Waals surface area contributed by atoms with Gasteiger partial charge >= 0.3 is 0 Å². The van der Waals surface area contributed by atoms with Crippen LogP contribution in [0.25, 0.3) is 10.9 Å². The molecule has 4 aromatic rings. The molecule has 0 radical (unpaired) electrons. The van der Waals surface area contributed by atoms with E-state index in [2.05, 4.69) is 40.0 Å². The number of nitrogens with zero attached hydrogens (tertiary/aromatic N) is 1. The summed E-state index contributed by atoms with van der Waals surface area (Å²) in [5.41, 5.74) is 5.05. The highest BCUT2D eigenvalue weighted by molar-refractivity contribution is 9.10. The van der Waals surface area contributed by atoms with Crippen LogP contribution in [0.3, 0.4) is 0 Å². The molecule has 152 valence electrons. The van der Waals surface area contributed by atoms with Gasteiger partial charge in [0.25, 0.3) is 0 Å². The van der Waals surface area contributed by atoms with Crippen molar-refractivity contribution in [2.45, 2.75) is 19.4 Å². The average molecular weight is 465 g/mol. The molecule has 30 heavy (non-hydrogen) atoms. The second-order valence-corrected chi connectivity index (χ2v) is 8.18. The Morgan fingerprint density at radius 3 is 2.60 bits per heavy atom. The summed E-state index contributed by atoms with van der Waals surface area (Å²) in [6.07, 6.45) is 1.87. The van der Waals surface area contributed by atoms with Crippen LogP contribution in [0, 0.1) is 17.0 Å². The number of aromatic nitrogens is 1. The molecular weight excluding hydrogens is 444 g/mol. The molecule has 6 heteroatoms. The van der Waals surface area contributed by atoms with Gasteiger partial charge in [-0.3, -0.25) is 10.1 Å². The number of rotatable bonds is 7. The molecule has 0 unspecified atom stereocenters. The van der Waals surface area contributed by atoms with Crippen LogP contribution < -0.4 is 4.74 Å². The van der Waals surface area contributed by atoms with E-state index in [0.29, 0.717) is 12.4 Å². The molecule has 0 aliphatic heterocycles. The van der Waals surface area contributed by atoms with E-state index in [1.54, 1.807) is 0 Å². The zero-order valence-corrected chi connectivity index (χ0v) is 18.1. The Bertz CT molecular complexity index is 1180. The molecule has 0 bridgehead atoms. The van der Waals surface area contributed by atoms with Crippen molar-refractivity contribution < 1.29 is 9.66 Å². The first-order chi connectivity index (χ1) is 14.5. The third kappa shape index (κ3) is 4.39. The minimum atomic E-state index is -0.362. The zero-order valence-electron chi connectivity index (χ0n) is 16.5. The third-order valence-electron chi connectivity index (χ3n) is 5.20. The van der Waals surface area contributed by atoms with Crippen LogP contribution in [0.2, 0.25) is 0 Å². The van der Waals surface area contributed by atoms with Crippen molar-refractivity contribution in [3.05, 3.63) is 110 Å². The lowest BCUT2D eigenvalue weighted by atomic mass is 9.91. The van der Waals surface area contributed by atoms with Crippen molar-refractivity contribution in [2.24, 2.45) is 0 Å². The van der Waals surface area contributed by atoms with Crippen molar-refractivity contribution in [2.75, 3.05) is 6.54 Å². The van der Waals surface area contributed by atoms with Gasteiger partial charge in [-0.2, -0.15) is 0 Å². The fourth-order valence-corrected chi connectivity index (χ4v) is 4.12. The molecule has 5 nitrogen and oxygen atoms in total. The topological polar surface area (TPSA) is 68.2 Å². The second-order valence-electron chi connectivity index (χ2n) is 7.32. The summed E-state index contributed by atoms with van der Waals surface area (Å²) in [7, 11) is 0. The van der Waals surface area contributed by atoms with Crippen molar-refractivity contribution in [3.8, 4) is 5.75 Å². The minimum Gasteiger partial charge on any atom is -0.488 e. The Morgan fingerprint density at radius 1 is 1.10 bits per heavy atom. The summed E-state index contributed by atoms with van der Waals surface area (Å²) >= 11 is 3.58. The number of nitro groups is 1. The third-order valence-corrected chi connectivity index (χ3v) is 5.82. The maximum Gasteiger partial charge on any atom is 0.214 e. The van der Waals surface area contributed by atoms with Gasteiger partial charge in [-0.15, -0.1) is 0 Å². The lowest BCUT2D eigenvalue weighted by Gasteiger charge is -2.15. The highest BCUT2D eigenvalue weighted by atomic mass is 79.9. The van der Waals surface area contributed by atoms with E-state index in [4.69, 9.17) is 4.74 Å². The van der Waals surface area contributed by atoms with Crippen LogP contribution in [0.4, 0.5) is 0 Å². The van der Waals surface area contributed by atoms with Gasteiger partial charge in [0.1, 0.15) is 12.4 Å². The molecule has 1 N–H and O–H groups in total. The predicted octanol–water partition coefficient (Wildman–Crippen LogP) is 6.23. The molecule has 0 saturated heterocycles. The number of halogens is 1. The van der Waals surface area contributed by atoms with Crippen molar-refractivity contribution >= 4 is 26.8 Å². The van der Waals surface area contributed by atoms with Crippen LogP contribution in [-0.2, 0) is 6.61 Å². The number of para-hydroxylation sites is 1. The molecule has 0 aliphatic carbocycles. The highest BCUT2D eigenvalue weighted by Crippen LogP contribution is 2.35. The normalized spacial score (nSPS) is 12.1. The number of aromatic amines is 1. The van der Waals surface area contributed by atoms with E-state index in [9.17, 15) is 10.1 Å². The summed E-state index contributed by atoms with van der Waals surface area (Å²) in [5.74, 6) is 0.344. The first-order valence-corrected chi connectivity index (χ1v) is 10.5. The standard InChI is InChI=1S/C24H21BrN2O3/c1-16-6-8-17(9-7-16)15-30-24-11-10-18(12-22(24)25)21(14-27(28)29)20-13-26-23-5-3-2-4-19(20)23/h2-13,21,26H,14-15H2,1H3/t21-/m1/s1. The molecule has 1 atom stereocenters. The van der Waals surface area contributed by atoms with Gasteiger partial charge in [0, 0.05) is 22.0 Å². The van der Waals surface area contributed by atoms with Crippen LogP contribution >= 0.6 is 15.9 Å². The lowest BCUT2D eigenvalue weighted by molar-refractivity contribution is -0.481. The van der Waals surface area contributed by atoms with Crippen LogP contribution in [0.5, 0.6) is 5.75 Å². The summed E-state index contributed by atoms with van der Waals surface area (Å²) in [6.45, 7) is 2.33. The smallest absolute Gasteiger partial charge is 0.214 e. The maximum atomic E-state index is 11.4. The first kappa shape index (κ1) is 20.2. The number of ether oxygens (including phenoxy) is 1. The zero-order chi connectivity index (χ0) is 21.1. The van der Waals surface area contributed by atoms with Crippen molar-refractivity contribution in [1.82, 2.24) is 4.98 Å². The fourth-order valence-electron chi connectivity index (χ4n) is 3.61. The van der Waals surface area contributed by atoms with Gasteiger partial charge in [-0.1, -0.05) is 54.1 Å². The summed E-state index contributed by atoms with van der Waals surface area (Å²) in [4.78, 5) is 14.4. The van der Waals surface area contributed by atoms with Gasteiger partial charge in [-0.25, -0.2) is 0 Å². The molecule has 0 aliphatic rings. The lowest BCUT2D eigenvalue weighted by Crippen LogP contribution is -2.14. The molecule has 4 rings (SSSR count). The molecule has 0 saturated carbocycles. The Hall–Kier alpha value is -3.12. The van der Waals surface area contributed by atoms with E-state index in [-0.39, 0.29) is 17.4 Å². The van der Waals surface area contributed by atoms with E-state index in [1.807, 2.05) is 60.8 Å². The van der Waals surface area contributed by atoms with Gasteiger partial charge in [-0.05, 0) is 57.7 Å². The average Bonchev–Trinajstić information content (AvgIpc) is 3.16. The van der Waals surface area contributed by atoms with Gasteiger partial charge in [0.2, 0.25) is 6.54 Å². The summed E-state index contributed by atoms with van der Waals surface area (Å²) in [5, 5.41) is 12.4. The van der Waals surface area contributed by atoms with E-state index in [1.165, 1.54) is 5.56 Å². The molecular formula is C24H21BrN2O3. The summed E-state index contributed by atoms with van der Waals surface area (Å²) in [6, 6.07) is 21.7. The second kappa shape index (κ2) is 8.71. The van der Waals surface area contributed by atoms with E-state index < -0.39 is 0 Å². The van der Waals surface area contributed by atoms with Gasteiger partial charge in [0.15, 0.2) is 0 Å². The maximum absolute atomic E-state index is 11.4. The number of aryl methyl sites for hydroxylation is 1. The van der Waals surface area contributed by atoms with Gasteiger partial charge < -0.3 is 9.72 Å². The number of nitrogens with one attached hydrogen (secondary N) is 1. The fraction of sp³-hybridized carbons (Fsp3) is 0.167. The largest absolute Gasteiger partial charge is 0.488 e. The Kier molecular flexibility index (Phi) is 5.86. The number of hydrogen-bond donors (Lipinski definition) is 1. The Balaban J connectivity index is 1.61. The molecule has 0 spiro atoms. The van der Waals surface area contributed by atoms with Crippen LogP contribution in [0.1, 0.15) is 28.2 Å². The number of hydrogen-bond acceptors (Lipinski definition) is 3. The molecule has 1 heterocycles. The molecule has 0 fully saturated rings. The SMILES string of the molecule is Cc1ccc(COc2ccc([C@@H](C[N+](=O)[O-])c3c[nH]c4ccccc34)cc2Br)cc1. The molecule has 0 amide bonds. The van der Waals surface area contributed by atoms with Crippen LogP contribution in [0.15, 0.2) is 77.4 Å². The Morgan fingerprint density at radius 2 is 1.87 bits per heavy atom. The van der Waals surface area contributed by atoms with Gasteiger partial charge in [0.05, 0.1) is 10.4 Å². The van der Waals surface area contributed by atoms with Crippen molar-refractivity contribution in [3.63, 3.8) is 0 Å². The number of fused-ring (bicyclic) bond motifs is 1. The predicted molar refractivity (Wildman–Crippen MR) is 122 cm³/mol. The van der Waals surface area contributed by atoms with E-state index >= 15 is 0 Å². The molecule has 3 aromatic carbocycles. The van der Waals surface area contributed by atoms with Crippen molar-refractivity contribution in [1.29, 1.82) is 0 Å². The van der Waals surface area contributed by atoms with Crippen LogP contribution in [-0.4, -0.2) is 16.5 Å². The highest BCUT2D eigenvalue weighted by Gasteiger charge is 2.24. The summed E-state index contributed by atoms with van der Waals surface area (Å²) < 4.78 is 6.73. The molecule has 1 aromatic heterocycles. The number of benzene rings is 3.